The molecule has 0 fully saturated rings. The lowest BCUT2D eigenvalue weighted by Crippen LogP contribution is -2.10. The first kappa shape index (κ1) is 12.0. The molecule has 0 bridgehead atoms. The summed E-state index contributed by atoms with van der Waals surface area (Å²) in [5.41, 5.74) is 1.82. The molecule has 0 radical (unpaired) electrons. The highest BCUT2D eigenvalue weighted by Gasteiger charge is 2.27. The van der Waals surface area contributed by atoms with E-state index in [-0.39, 0.29) is 24.1 Å². The molecule has 1 aromatic heterocycles. The fraction of sp³-hybridized carbons (Fsp3) is 0.375. The van der Waals surface area contributed by atoms with Gasteiger partial charge in [0, 0.05) is 30.2 Å². The summed E-state index contributed by atoms with van der Waals surface area (Å²) in [5.74, 6) is 0.428. The van der Waals surface area contributed by atoms with E-state index in [0.29, 0.717) is 11.5 Å². The van der Waals surface area contributed by atoms with Crippen LogP contribution >= 0.6 is 11.8 Å². The molecule has 0 spiro atoms. The molecule has 0 aliphatic heterocycles. The molecule has 1 heterocycles. The molecule has 0 saturated heterocycles. The number of anilines is 2. The highest BCUT2D eigenvalue weighted by molar-refractivity contribution is 8.00. The predicted molar refractivity (Wildman–Crippen MR) is 55.7 cm³/mol. The van der Waals surface area contributed by atoms with Crippen molar-refractivity contribution >= 4 is 23.3 Å². The summed E-state index contributed by atoms with van der Waals surface area (Å²) in [5, 5.41) is 2.75. The van der Waals surface area contributed by atoms with Crippen LogP contribution in [-0.2, 0) is 0 Å². The first-order chi connectivity index (χ1) is 6.97. The van der Waals surface area contributed by atoms with Crippen molar-refractivity contribution in [3.8, 4) is 0 Å². The number of pyridine rings is 1. The highest BCUT2D eigenvalue weighted by Crippen LogP contribution is 2.29. The Morgan fingerprint density at radius 3 is 2.80 bits per heavy atom. The van der Waals surface area contributed by atoms with E-state index in [0.717, 1.165) is 0 Å². The number of aromatic nitrogens is 1. The summed E-state index contributed by atoms with van der Waals surface area (Å²) in [6, 6.07) is 3.17. The van der Waals surface area contributed by atoms with Crippen molar-refractivity contribution < 1.29 is 13.2 Å². The summed E-state index contributed by atoms with van der Waals surface area (Å²) in [6.45, 7) is 0.195. The number of thioether (sulfide) groups is 1. The van der Waals surface area contributed by atoms with Gasteiger partial charge in [0.1, 0.15) is 5.82 Å². The van der Waals surface area contributed by atoms with Crippen molar-refractivity contribution in [1.29, 1.82) is 0 Å². The van der Waals surface area contributed by atoms with Crippen LogP contribution in [0.1, 0.15) is 0 Å². The molecule has 84 valence electrons. The summed E-state index contributed by atoms with van der Waals surface area (Å²) < 4.78 is 35.2. The van der Waals surface area contributed by atoms with Crippen molar-refractivity contribution in [2.75, 3.05) is 23.3 Å². The number of alkyl halides is 3. The van der Waals surface area contributed by atoms with Crippen LogP contribution in [0.4, 0.5) is 24.7 Å². The lowest BCUT2D eigenvalue weighted by atomic mass is 10.4. The number of halogens is 3. The molecular weight excluding hydrogens is 227 g/mol. The van der Waals surface area contributed by atoms with Gasteiger partial charge in [0.15, 0.2) is 0 Å². The molecule has 0 aliphatic rings. The maximum atomic E-state index is 11.7. The summed E-state index contributed by atoms with van der Waals surface area (Å²) >= 11 is -0.0645. The zero-order valence-corrected chi connectivity index (χ0v) is 8.53. The van der Waals surface area contributed by atoms with Gasteiger partial charge in [-0.15, -0.1) is 0 Å². The van der Waals surface area contributed by atoms with Crippen LogP contribution in [0.3, 0.4) is 0 Å². The Kier molecular flexibility index (Phi) is 4.07. The maximum absolute atomic E-state index is 11.7. The fourth-order valence-electron chi connectivity index (χ4n) is 0.889. The number of hydrogen-bond donors (Lipinski definition) is 2. The molecule has 3 N–H and O–H groups in total. The average molecular weight is 237 g/mol. The average Bonchev–Trinajstić information content (AvgIpc) is 2.11. The minimum atomic E-state index is -4.18. The minimum Gasteiger partial charge on any atom is -0.399 e. The van der Waals surface area contributed by atoms with Gasteiger partial charge >= 0.3 is 5.51 Å². The standard InChI is InChI=1S/C8H10F3N3S/c9-8(10,11)15-4-3-14-7-5-6(12)1-2-13-7/h1-2,5H,3-4H2,(H3,12,13,14). The molecule has 15 heavy (non-hydrogen) atoms. The van der Waals surface area contributed by atoms with Gasteiger partial charge in [-0.05, 0) is 17.8 Å². The third-order valence-corrected chi connectivity index (χ3v) is 2.19. The van der Waals surface area contributed by atoms with E-state index in [1.54, 1.807) is 12.1 Å². The van der Waals surface area contributed by atoms with Crippen molar-refractivity contribution in [2.45, 2.75) is 5.51 Å². The number of nitrogens with one attached hydrogen (secondary N) is 1. The van der Waals surface area contributed by atoms with Gasteiger partial charge < -0.3 is 11.1 Å². The Hall–Kier alpha value is -1.11. The van der Waals surface area contributed by atoms with Crippen molar-refractivity contribution in [3.63, 3.8) is 0 Å². The number of nitrogens with two attached hydrogens (primary N) is 1. The van der Waals surface area contributed by atoms with E-state index >= 15 is 0 Å². The summed E-state index contributed by atoms with van der Waals surface area (Å²) in [6.07, 6.45) is 1.49. The van der Waals surface area contributed by atoms with E-state index in [4.69, 9.17) is 5.73 Å². The van der Waals surface area contributed by atoms with E-state index in [1.165, 1.54) is 6.20 Å². The number of nitrogens with zero attached hydrogens (tertiary/aromatic N) is 1. The Bertz CT molecular complexity index is 316. The number of rotatable bonds is 4. The second-order valence-corrected chi connectivity index (χ2v) is 3.86. The largest absolute Gasteiger partial charge is 0.441 e. The first-order valence-electron chi connectivity index (χ1n) is 4.13. The zero-order valence-electron chi connectivity index (χ0n) is 7.71. The summed E-state index contributed by atoms with van der Waals surface area (Å²) in [7, 11) is 0. The molecule has 0 atom stereocenters. The van der Waals surface area contributed by atoms with Crippen LogP contribution in [0.5, 0.6) is 0 Å². The third kappa shape index (κ3) is 5.36. The maximum Gasteiger partial charge on any atom is 0.441 e. The Balaban J connectivity index is 2.26. The van der Waals surface area contributed by atoms with Crippen LogP contribution in [-0.4, -0.2) is 22.8 Å². The van der Waals surface area contributed by atoms with Gasteiger partial charge in [-0.3, -0.25) is 0 Å². The zero-order chi connectivity index (χ0) is 11.3. The van der Waals surface area contributed by atoms with Crippen LogP contribution in [0.25, 0.3) is 0 Å². The quantitative estimate of drug-likeness (QED) is 0.789. The topological polar surface area (TPSA) is 50.9 Å². The minimum absolute atomic E-state index is 0.0556. The number of nitrogen functional groups attached to an aromatic ring is 1. The monoisotopic (exact) mass is 237 g/mol. The SMILES string of the molecule is Nc1ccnc(NCCSC(F)(F)F)c1. The van der Waals surface area contributed by atoms with Gasteiger partial charge in [-0.25, -0.2) is 4.98 Å². The van der Waals surface area contributed by atoms with Crippen LogP contribution in [0.2, 0.25) is 0 Å². The second-order valence-electron chi connectivity index (χ2n) is 2.70. The molecule has 0 amide bonds. The van der Waals surface area contributed by atoms with Gasteiger partial charge in [-0.1, -0.05) is 0 Å². The van der Waals surface area contributed by atoms with E-state index in [1.807, 2.05) is 0 Å². The molecule has 0 saturated carbocycles. The van der Waals surface area contributed by atoms with Crippen LogP contribution < -0.4 is 11.1 Å². The van der Waals surface area contributed by atoms with Crippen molar-refractivity contribution in [1.82, 2.24) is 4.98 Å². The molecule has 7 heteroatoms. The highest BCUT2D eigenvalue weighted by atomic mass is 32.2. The van der Waals surface area contributed by atoms with Gasteiger partial charge in [0.2, 0.25) is 0 Å². The molecule has 0 unspecified atom stereocenters. The molecule has 1 rings (SSSR count). The van der Waals surface area contributed by atoms with Gasteiger partial charge in [0.25, 0.3) is 0 Å². The van der Waals surface area contributed by atoms with Crippen molar-refractivity contribution in [3.05, 3.63) is 18.3 Å². The van der Waals surface area contributed by atoms with E-state index < -0.39 is 5.51 Å². The lowest BCUT2D eigenvalue weighted by molar-refractivity contribution is -0.0327. The third-order valence-electron chi connectivity index (χ3n) is 1.46. The van der Waals surface area contributed by atoms with Crippen LogP contribution in [0, 0.1) is 0 Å². The Labute approximate surface area is 89.3 Å². The fourth-order valence-corrected chi connectivity index (χ4v) is 1.32. The smallest absolute Gasteiger partial charge is 0.399 e. The summed E-state index contributed by atoms with van der Waals surface area (Å²) in [4.78, 5) is 3.89. The first-order valence-corrected chi connectivity index (χ1v) is 5.12. The Morgan fingerprint density at radius 2 is 2.20 bits per heavy atom. The van der Waals surface area contributed by atoms with Gasteiger partial charge in [-0.2, -0.15) is 13.2 Å². The predicted octanol–water partition coefficient (Wildman–Crippen LogP) is 2.33. The van der Waals surface area contributed by atoms with E-state index in [9.17, 15) is 13.2 Å². The molecule has 1 aromatic rings. The van der Waals surface area contributed by atoms with Crippen LogP contribution in [0.15, 0.2) is 18.3 Å². The lowest BCUT2D eigenvalue weighted by Gasteiger charge is -2.07. The normalized spacial score (nSPS) is 11.4. The second kappa shape index (κ2) is 5.11. The molecule has 3 nitrogen and oxygen atoms in total. The van der Waals surface area contributed by atoms with Crippen molar-refractivity contribution in [2.24, 2.45) is 0 Å². The molecular formula is C8H10F3N3S. The van der Waals surface area contributed by atoms with E-state index in [2.05, 4.69) is 10.3 Å². The molecule has 0 aliphatic carbocycles. The molecule has 0 aromatic carbocycles. The number of hydrogen-bond acceptors (Lipinski definition) is 4. The Morgan fingerprint density at radius 1 is 1.47 bits per heavy atom. The van der Waals surface area contributed by atoms with Gasteiger partial charge in [0.05, 0.1) is 0 Å².